The molecular weight excluding hydrogens is 406 g/mol. The van der Waals surface area contributed by atoms with E-state index in [1.165, 1.54) is 18.3 Å². The molecule has 1 aromatic carbocycles. The summed E-state index contributed by atoms with van der Waals surface area (Å²) in [5.74, 6) is -1.90. The van der Waals surface area contributed by atoms with Crippen molar-refractivity contribution in [3.63, 3.8) is 0 Å². The highest BCUT2D eigenvalue weighted by molar-refractivity contribution is 6.00. The number of nitrogen functional groups attached to an aromatic ring is 1. The lowest BCUT2D eigenvalue weighted by atomic mass is 10.2. The molecule has 0 saturated carbocycles. The highest BCUT2D eigenvalue weighted by Crippen LogP contribution is 2.23. The van der Waals surface area contributed by atoms with Gasteiger partial charge in [-0.3, -0.25) is 18.7 Å². The van der Waals surface area contributed by atoms with E-state index in [0.717, 1.165) is 14.7 Å². The molecule has 0 amide bonds. The first-order valence-electron chi connectivity index (χ1n) is 9.27. The lowest BCUT2D eigenvalue weighted by Crippen LogP contribution is -2.44. The van der Waals surface area contributed by atoms with E-state index in [1.807, 2.05) is 6.07 Å². The number of nitro groups is 1. The van der Waals surface area contributed by atoms with E-state index in [2.05, 4.69) is 4.98 Å². The Labute approximate surface area is 175 Å². The number of pyridine rings is 1. The fourth-order valence-corrected chi connectivity index (χ4v) is 3.02. The number of hydrogen-bond donors (Lipinski definition) is 1. The van der Waals surface area contributed by atoms with Crippen LogP contribution < -0.4 is 21.7 Å². The van der Waals surface area contributed by atoms with Crippen molar-refractivity contribution in [2.75, 3.05) is 12.3 Å². The van der Waals surface area contributed by atoms with Crippen molar-refractivity contribution in [1.29, 1.82) is 0 Å². The van der Waals surface area contributed by atoms with Crippen LogP contribution in [0.4, 0.5) is 11.6 Å². The Hall–Kier alpha value is -4.28. The molecule has 0 atom stereocenters. The molecule has 0 aliphatic heterocycles. The molecular formula is C20H19N5O6. The summed E-state index contributed by atoms with van der Waals surface area (Å²) in [5, 5.41) is 11.1. The molecule has 0 aliphatic rings. The Balaban J connectivity index is 1.99. The van der Waals surface area contributed by atoms with Gasteiger partial charge in [0.05, 0.1) is 6.54 Å². The fraction of sp³-hybridized carbons (Fsp3) is 0.200. The molecule has 11 nitrogen and oxygen atoms in total. The van der Waals surface area contributed by atoms with Gasteiger partial charge in [-0.1, -0.05) is 30.3 Å². The predicted octanol–water partition coefficient (Wildman–Crippen LogP) is 1.23. The maximum Gasteiger partial charge on any atom is 0.406 e. The molecule has 0 saturated heterocycles. The number of ketones is 1. The van der Waals surface area contributed by atoms with Crippen molar-refractivity contribution < 1.29 is 14.5 Å². The third kappa shape index (κ3) is 4.34. The quantitative estimate of drug-likeness (QED) is 0.321. The van der Waals surface area contributed by atoms with Crippen molar-refractivity contribution in [2.45, 2.75) is 20.0 Å². The summed E-state index contributed by atoms with van der Waals surface area (Å²) >= 11 is 0. The van der Waals surface area contributed by atoms with Crippen molar-refractivity contribution in [3.05, 3.63) is 90.7 Å². The minimum atomic E-state index is -0.844. The number of nitrogens with two attached hydrogens (primary N) is 1. The predicted molar refractivity (Wildman–Crippen MR) is 111 cm³/mol. The highest BCUT2D eigenvalue weighted by atomic mass is 16.6. The summed E-state index contributed by atoms with van der Waals surface area (Å²) in [6.07, 6.45) is 1.21. The SMILES string of the molecule is CCn1c(=O)c(C(=O)COc2cccnc2[N+](=O)[O-])c(N)n(Cc2ccccc2)c1=O. The third-order valence-corrected chi connectivity index (χ3v) is 4.53. The molecule has 2 aromatic heterocycles. The largest absolute Gasteiger partial charge is 0.477 e. The molecule has 2 heterocycles. The van der Waals surface area contributed by atoms with Gasteiger partial charge in [0.2, 0.25) is 11.5 Å². The number of benzene rings is 1. The number of carbonyl (C=O) groups is 1. The summed E-state index contributed by atoms with van der Waals surface area (Å²) in [7, 11) is 0. The van der Waals surface area contributed by atoms with E-state index in [9.17, 15) is 24.5 Å². The van der Waals surface area contributed by atoms with Gasteiger partial charge >= 0.3 is 11.5 Å². The van der Waals surface area contributed by atoms with Gasteiger partial charge in [-0.15, -0.1) is 0 Å². The monoisotopic (exact) mass is 425 g/mol. The van der Waals surface area contributed by atoms with Crippen LogP contribution in [0, 0.1) is 10.1 Å². The van der Waals surface area contributed by atoms with Crippen LogP contribution in [0.1, 0.15) is 22.8 Å². The molecule has 0 fully saturated rings. The first kappa shape index (κ1) is 21.4. The molecule has 0 unspecified atom stereocenters. The molecule has 0 radical (unpaired) electrons. The van der Waals surface area contributed by atoms with Gasteiger partial charge in [-0.25, -0.2) is 4.79 Å². The molecule has 3 aromatic rings. The van der Waals surface area contributed by atoms with Gasteiger partial charge in [0.25, 0.3) is 5.56 Å². The van der Waals surface area contributed by atoms with Gasteiger partial charge < -0.3 is 20.6 Å². The van der Waals surface area contributed by atoms with Crippen LogP contribution in [0.2, 0.25) is 0 Å². The first-order chi connectivity index (χ1) is 14.8. The van der Waals surface area contributed by atoms with Crippen molar-refractivity contribution in [3.8, 4) is 5.75 Å². The number of ether oxygens (including phenoxy) is 1. The second-order valence-corrected chi connectivity index (χ2v) is 6.46. The Morgan fingerprint density at radius 1 is 1.16 bits per heavy atom. The highest BCUT2D eigenvalue weighted by Gasteiger charge is 2.24. The van der Waals surface area contributed by atoms with Crippen LogP contribution in [0.5, 0.6) is 5.75 Å². The van der Waals surface area contributed by atoms with Crippen LogP contribution in [0.15, 0.2) is 58.3 Å². The van der Waals surface area contributed by atoms with Gasteiger partial charge in [-0.2, -0.15) is 0 Å². The smallest absolute Gasteiger partial charge is 0.406 e. The number of rotatable bonds is 8. The summed E-state index contributed by atoms with van der Waals surface area (Å²) in [4.78, 5) is 52.2. The second-order valence-electron chi connectivity index (χ2n) is 6.46. The van der Waals surface area contributed by atoms with Gasteiger partial charge in [0, 0.05) is 6.54 Å². The van der Waals surface area contributed by atoms with Gasteiger partial charge in [0.15, 0.2) is 6.61 Å². The maximum atomic E-state index is 12.8. The number of carbonyl (C=O) groups excluding carboxylic acids is 1. The van der Waals surface area contributed by atoms with E-state index >= 15 is 0 Å². The van der Waals surface area contributed by atoms with Gasteiger partial charge in [0.1, 0.15) is 17.6 Å². The molecule has 160 valence electrons. The van der Waals surface area contributed by atoms with Crippen molar-refractivity contribution in [2.24, 2.45) is 0 Å². The number of nitrogens with zero attached hydrogens (tertiary/aromatic N) is 4. The Bertz CT molecular complexity index is 1250. The number of Topliss-reactive ketones (excluding diaryl/α,β-unsaturated/α-hetero) is 1. The summed E-state index contributed by atoms with van der Waals surface area (Å²) in [6, 6.07) is 11.6. The van der Waals surface area contributed by atoms with Crippen LogP contribution in [-0.4, -0.2) is 31.4 Å². The van der Waals surface area contributed by atoms with E-state index in [4.69, 9.17) is 10.5 Å². The van der Waals surface area contributed by atoms with Crippen LogP contribution >= 0.6 is 0 Å². The van der Waals surface area contributed by atoms with Crippen molar-refractivity contribution in [1.82, 2.24) is 14.1 Å². The van der Waals surface area contributed by atoms with Crippen LogP contribution in [0.25, 0.3) is 0 Å². The first-order valence-corrected chi connectivity index (χ1v) is 9.27. The minimum absolute atomic E-state index is 0.0297. The zero-order chi connectivity index (χ0) is 22.5. The zero-order valence-electron chi connectivity index (χ0n) is 16.6. The Kier molecular flexibility index (Phi) is 6.24. The number of anilines is 1. The fourth-order valence-electron chi connectivity index (χ4n) is 3.02. The molecule has 0 bridgehead atoms. The van der Waals surface area contributed by atoms with E-state index in [-0.39, 0.29) is 24.7 Å². The van der Waals surface area contributed by atoms with E-state index < -0.39 is 39.9 Å². The standard InChI is InChI=1S/C20H19N5O6/c1-2-23-19(27)16(14(26)12-31-15-9-6-10-22-18(15)25(29)30)17(21)24(20(23)28)11-13-7-4-3-5-8-13/h3-10H,2,11-12,21H2,1H3. The Morgan fingerprint density at radius 2 is 1.87 bits per heavy atom. The van der Waals surface area contributed by atoms with Crippen LogP contribution in [-0.2, 0) is 13.1 Å². The van der Waals surface area contributed by atoms with Gasteiger partial charge in [-0.05, 0) is 34.5 Å². The third-order valence-electron chi connectivity index (χ3n) is 4.53. The second kappa shape index (κ2) is 9.03. The normalized spacial score (nSPS) is 10.6. The average molecular weight is 425 g/mol. The topological polar surface area (TPSA) is 152 Å². The lowest BCUT2D eigenvalue weighted by molar-refractivity contribution is -0.390. The molecule has 3 rings (SSSR count). The summed E-state index contributed by atoms with van der Waals surface area (Å²) in [6.45, 7) is 0.984. The van der Waals surface area contributed by atoms with E-state index in [0.29, 0.717) is 0 Å². The van der Waals surface area contributed by atoms with Crippen LogP contribution in [0.3, 0.4) is 0 Å². The minimum Gasteiger partial charge on any atom is -0.477 e. The Morgan fingerprint density at radius 3 is 2.52 bits per heavy atom. The number of aromatic nitrogens is 3. The number of hydrogen-bond acceptors (Lipinski definition) is 8. The molecule has 0 spiro atoms. The molecule has 2 N–H and O–H groups in total. The zero-order valence-corrected chi connectivity index (χ0v) is 16.6. The van der Waals surface area contributed by atoms with Crippen molar-refractivity contribution >= 4 is 17.4 Å². The molecule has 0 aliphatic carbocycles. The molecule has 11 heteroatoms. The lowest BCUT2D eigenvalue weighted by Gasteiger charge is -2.16. The van der Waals surface area contributed by atoms with E-state index in [1.54, 1.807) is 31.2 Å². The summed E-state index contributed by atoms with van der Waals surface area (Å²) in [5.41, 5.74) is 4.90. The molecule has 31 heavy (non-hydrogen) atoms. The summed E-state index contributed by atoms with van der Waals surface area (Å²) < 4.78 is 7.28. The maximum absolute atomic E-state index is 12.8. The average Bonchev–Trinajstić information content (AvgIpc) is 2.76.